The van der Waals surface area contributed by atoms with Gasteiger partial charge in [-0.15, -0.1) is 0 Å². The molecule has 0 fully saturated rings. The lowest BCUT2D eigenvalue weighted by Crippen LogP contribution is -2.10. The van der Waals surface area contributed by atoms with Crippen LogP contribution in [-0.4, -0.2) is 15.3 Å². The van der Waals surface area contributed by atoms with Gasteiger partial charge in [0.2, 0.25) is 0 Å². The molecule has 11 rings (SSSR count). The largest absolute Gasteiger partial charge is 0.455 e. The highest BCUT2D eigenvalue weighted by molar-refractivity contribution is 6.24. The Kier molecular flexibility index (Phi) is 6.97. The monoisotopic (exact) mass is 717 g/mol. The lowest BCUT2D eigenvalue weighted by molar-refractivity contribution is 0.673. The molecule has 0 bridgehead atoms. The Hall–Kier alpha value is -7.88. The minimum absolute atomic E-state index is 0.489. The molecule has 11 aromatic rings. The van der Waals surface area contributed by atoms with E-state index in [-0.39, 0.29) is 0 Å². The van der Waals surface area contributed by atoms with Crippen molar-refractivity contribution in [3.8, 4) is 17.4 Å². The van der Waals surface area contributed by atoms with E-state index in [4.69, 9.17) is 9.83 Å². The Bertz CT molecular complexity index is 3310. The number of hydrogen-bond donors (Lipinski definition) is 1. The van der Waals surface area contributed by atoms with Gasteiger partial charge in [0.25, 0.3) is 0 Å². The van der Waals surface area contributed by atoms with E-state index in [9.17, 15) is 5.26 Å². The first-order valence-electron chi connectivity index (χ1n) is 18.6. The van der Waals surface area contributed by atoms with Crippen LogP contribution in [0.5, 0.6) is 0 Å². The molecule has 0 spiro atoms. The van der Waals surface area contributed by atoms with Crippen molar-refractivity contribution in [2.24, 2.45) is 0 Å². The average molecular weight is 718 g/mol. The number of furan rings is 1. The molecule has 56 heavy (non-hydrogen) atoms. The molecule has 262 valence electrons. The van der Waals surface area contributed by atoms with Crippen LogP contribution in [0.25, 0.3) is 76.9 Å². The Morgan fingerprint density at radius 2 is 1.11 bits per heavy atom. The van der Waals surface area contributed by atoms with Crippen LogP contribution in [0, 0.1) is 16.7 Å². The molecule has 1 N–H and O–H groups in total. The van der Waals surface area contributed by atoms with Crippen LogP contribution in [-0.2, 0) is 0 Å². The molecular formula is C50H31N5O. The molecule has 0 saturated carbocycles. The van der Waals surface area contributed by atoms with Crippen LogP contribution < -0.4 is 4.90 Å². The molecule has 0 unspecified atom stereocenters. The summed E-state index contributed by atoms with van der Waals surface area (Å²) < 4.78 is 11.1. The molecule has 0 aliphatic rings. The molecule has 6 heteroatoms. The van der Waals surface area contributed by atoms with Crippen LogP contribution in [0.1, 0.15) is 11.1 Å². The highest BCUT2D eigenvalue weighted by Crippen LogP contribution is 2.45. The van der Waals surface area contributed by atoms with Crippen LogP contribution in [0.2, 0.25) is 0 Å². The fourth-order valence-electron chi connectivity index (χ4n) is 8.70. The number of nitrogens with zero attached hydrogens (tertiary/aromatic N) is 4. The maximum Gasteiger partial charge on any atom is 0.145 e. The molecule has 0 atom stereocenters. The molecule has 3 aromatic heterocycles. The zero-order valence-corrected chi connectivity index (χ0v) is 30.0. The summed E-state index contributed by atoms with van der Waals surface area (Å²) in [6.45, 7) is 0. The van der Waals surface area contributed by atoms with Gasteiger partial charge in [0, 0.05) is 55.8 Å². The third kappa shape index (κ3) is 4.52. The van der Waals surface area contributed by atoms with E-state index in [0.29, 0.717) is 16.8 Å². The number of nitriles is 1. The summed E-state index contributed by atoms with van der Waals surface area (Å²) >= 11 is 0. The van der Waals surface area contributed by atoms with E-state index in [1.165, 1.54) is 6.21 Å². The van der Waals surface area contributed by atoms with Crippen molar-refractivity contribution < 1.29 is 4.42 Å². The van der Waals surface area contributed by atoms with Crippen molar-refractivity contribution in [1.29, 1.82) is 10.7 Å². The number of nitrogens with one attached hydrogen (secondary N) is 1. The fraction of sp³-hybridized carbons (Fsp3) is 0. The van der Waals surface area contributed by atoms with Gasteiger partial charge in [-0.25, -0.2) is 0 Å². The molecule has 3 heterocycles. The number of hydrogen-bond acceptors (Lipinski definition) is 4. The Morgan fingerprint density at radius 1 is 0.518 bits per heavy atom. The van der Waals surface area contributed by atoms with Gasteiger partial charge in [-0.1, -0.05) is 91.0 Å². The number of aromatic nitrogens is 2. The third-order valence-corrected chi connectivity index (χ3v) is 11.0. The number of fused-ring (bicyclic) bond motifs is 10. The summed E-state index contributed by atoms with van der Waals surface area (Å²) in [5.41, 5.74) is 11.2. The first-order chi connectivity index (χ1) is 27.7. The maximum atomic E-state index is 10.6. The van der Waals surface area contributed by atoms with E-state index in [2.05, 4.69) is 129 Å². The van der Waals surface area contributed by atoms with Crippen LogP contribution in [0.4, 0.5) is 17.1 Å². The van der Waals surface area contributed by atoms with E-state index in [1.807, 2.05) is 66.7 Å². The Labute approximate surface area is 321 Å². The SMILES string of the molecule is N#Cc1ccc(-n2c3ccc(N(c4ccccc4)c4ccccc4)cc3c3c4oc5ccccc5c4ccc32)c(C=N)c1-n1c2ccccc2c2ccccc21. The minimum Gasteiger partial charge on any atom is -0.455 e. The number of para-hydroxylation sites is 5. The molecule has 0 amide bonds. The van der Waals surface area contributed by atoms with Crippen LogP contribution in [0.15, 0.2) is 180 Å². The smallest absolute Gasteiger partial charge is 0.145 e. The van der Waals surface area contributed by atoms with Gasteiger partial charge in [0.05, 0.1) is 44.4 Å². The Morgan fingerprint density at radius 3 is 1.77 bits per heavy atom. The summed E-state index contributed by atoms with van der Waals surface area (Å²) in [6.07, 6.45) is 1.40. The highest BCUT2D eigenvalue weighted by Gasteiger charge is 2.25. The van der Waals surface area contributed by atoms with Crippen molar-refractivity contribution in [3.05, 3.63) is 187 Å². The van der Waals surface area contributed by atoms with E-state index < -0.39 is 0 Å². The molecular weight excluding hydrogens is 687 g/mol. The minimum atomic E-state index is 0.489. The van der Waals surface area contributed by atoms with Gasteiger partial charge in [-0.05, 0) is 84.9 Å². The van der Waals surface area contributed by atoms with Gasteiger partial charge in [-0.3, -0.25) is 0 Å². The second kappa shape index (κ2) is 12.3. The number of benzene rings is 8. The topological polar surface area (TPSA) is 73.9 Å². The van der Waals surface area contributed by atoms with Gasteiger partial charge in [-0.2, -0.15) is 5.26 Å². The summed E-state index contributed by atoms with van der Waals surface area (Å²) in [7, 11) is 0. The molecule has 0 aliphatic heterocycles. The van der Waals surface area contributed by atoms with E-state index in [1.54, 1.807) is 0 Å². The lowest BCUT2D eigenvalue weighted by atomic mass is 10.0. The fourth-order valence-corrected chi connectivity index (χ4v) is 8.70. The predicted molar refractivity (Wildman–Crippen MR) is 230 cm³/mol. The Balaban J connectivity index is 1.26. The maximum absolute atomic E-state index is 10.6. The van der Waals surface area contributed by atoms with Crippen molar-refractivity contribution in [1.82, 2.24) is 9.13 Å². The zero-order chi connectivity index (χ0) is 37.3. The quantitative estimate of drug-likeness (QED) is 0.174. The number of anilines is 3. The first-order valence-corrected chi connectivity index (χ1v) is 18.6. The van der Waals surface area contributed by atoms with Gasteiger partial charge < -0.3 is 23.9 Å². The van der Waals surface area contributed by atoms with Crippen molar-refractivity contribution >= 4 is 88.8 Å². The average Bonchev–Trinajstić information content (AvgIpc) is 3.91. The second-order valence-electron chi connectivity index (χ2n) is 14.0. The summed E-state index contributed by atoms with van der Waals surface area (Å²) in [5.74, 6) is 0. The van der Waals surface area contributed by atoms with Crippen LogP contribution >= 0.6 is 0 Å². The molecule has 6 nitrogen and oxygen atoms in total. The zero-order valence-electron chi connectivity index (χ0n) is 30.0. The predicted octanol–water partition coefficient (Wildman–Crippen LogP) is 13.1. The third-order valence-electron chi connectivity index (χ3n) is 11.0. The van der Waals surface area contributed by atoms with E-state index in [0.717, 1.165) is 88.3 Å². The molecule has 0 saturated heterocycles. The summed E-state index contributed by atoms with van der Waals surface area (Å²) in [6, 6.07) is 62.8. The van der Waals surface area contributed by atoms with Crippen molar-refractivity contribution in [2.45, 2.75) is 0 Å². The second-order valence-corrected chi connectivity index (χ2v) is 14.0. The standard InChI is InChI=1S/C50H31N5O/c51-30-32-23-26-45(41(31-52)49(32)55-42-20-10-7-17-36(42)37-18-8-11-21-43(37)55)54-44-27-24-35(53(33-13-3-1-4-14-33)34-15-5-2-6-16-34)29-40(44)48-46(54)28-25-39-38-19-9-12-22-47(38)56-50(39)48/h1-29,31,52H. The van der Waals surface area contributed by atoms with Crippen molar-refractivity contribution in [2.75, 3.05) is 4.90 Å². The summed E-state index contributed by atoms with van der Waals surface area (Å²) in [4.78, 5) is 2.27. The first kappa shape index (κ1) is 31.6. The lowest BCUT2D eigenvalue weighted by Gasteiger charge is -2.25. The summed E-state index contributed by atoms with van der Waals surface area (Å²) in [5, 5.41) is 25.9. The van der Waals surface area contributed by atoms with Gasteiger partial charge in [0.1, 0.15) is 17.2 Å². The molecule has 0 aliphatic carbocycles. The normalized spacial score (nSPS) is 11.6. The van der Waals surface area contributed by atoms with Crippen LogP contribution in [0.3, 0.4) is 0 Å². The molecule has 0 radical (unpaired) electrons. The molecule has 8 aromatic carbocycles. The highest BCUT2D eigenvalue weighted by atomic mass is 16.3. The van der Waals surface area contributed by atoms with Crippen molar-refractivity contribution in [3.63, 3.8) is 0 Å². The van der Waals surface area contributed by atoms with E-state index >= 15 is 0 Å². The number of rotatable bonds is 6. The van der Waals surface area contributed by atoms with Gasteiger partial charge >= 0.3 is 0 Å². The van der Waals surface area contributed by atoms with Gasteiger partial charge in [0.15, 0.2) is 0 Å².